The summed E-state index contributed by atoms with van der Waals surface area (Å²) in [5.41, 5.74) is -13.9. The van der Waals surface area contributed by atoms with Gasteiger partial charge in [0, 0.05) is 68.6 Å². The van der Waals surface area contributed by atoms with Gasteiger partial charge in [0.2, 0.25) is 5.91 Å². The Morgan fingerprint density at radius 2 is 1.59 bits per heavy atom. The standard InChI is InChI=1S/C79H104N2O13S2/c1-44(2)45(3)63-65(94-63)76(90)24-10-14-50-33-56-57-37-61(85)73(39-62(86)78(92,43-83)71(68(56,73)4)21-7-8-22-71)67(89)96-95-40-52-15-9-20-69(42-82)25-17-51-34-58(70-26-18-49-13-5-6-23-75(49,80-70)55-36-59-47(12-11-29-93-59)32-48(55)38-70)64(87)74(51)41-81(66(88)79(52,69)74)53-30-46(31-54(84)35-53)16-27-72(50)60(76)19-28-77(57,72)91/h10-12,14,17-18,25-26,30-32,35,37,44-45,48-52,55-56,58-60,62-65,67,80,82-84,86-87,89-92H,5-9,13,15-16,19-24,27-29,33-34,36,38-43H2,1-4H3. The third-order valence-corrected chi connectivity index (χ3v) is 35.5. The number of allylic oxidation sites excluding steroid dienone is 4. The number of carbonyl (C=O) groups is 2. The summed E-state index contributed by atoms with van der Waals surface area (Å²) in [6.07, 6.45) is 30.9. The second-order valence-corrected chi connectivity index (χ2v) is 37.9. The number of ether oxygens (including phenoxy) is 2. The molecule has 8 aliphatic heterocycles. The predicted molar refractivity (Wildman–Crippen MR) is 366 cm³/mol. The number of aliphatic hydroxyl groups excluding tert-OH is 5. The zero-order valence-corrected chi connectivity index (χ0v) is 58.3. The van der Waals surface area contributed by atoms with Crippen molar-refractivity contribution in [2.75, 3.05) is 37.0 Å². The number of epoxide rings is 1. The Kier molecular flexibility index (Phi) is 14.5. The van der Waals surface area contributed by atoms with Gasteiger partial charge in [-0.2, -0.15) is 0 Å². The number of phenolic OH excluding ortho intramolecular Hbond substituents is 1. The molecule has 15 nitrogen and oxygen atoms in total. The van der Waals surface area contributed by atoms with Crippen molar-refractivity contribution >= 4 is 39.0 Å². The minimum atomic E-state index is -2.08. The first-order valence-corrected chi connectivity index (χ1v) is 40.0. The maximum atomic E-state index is 17.5. The number of anilines is 1. The van der Waals surface area contributed by atoms with Gasteiger partial charge in [-0.15, -0.1) is 0 Å². The molecule has 0 radical (unpaired) electrons. The normalized spacial score (nSPS) is 53.0. The van der Waals surface area contributed by atoms with Gasteiger partial charge in [0.1, 0.15) is 28.5 Å². The average Bonchev–Trinajstić information content (AvgIpc) is 1.18. The van der Waals surface area contributed by atoms with Crippen LogP contribution in [0.1, 0.15) is 162 Å². The second kappa shape index (κ2) is 21.5. The Morgan fingerprint density at radius 1 is 0.802 bits per heavy atom. The zero-order chi connectivity index (χ0) is 66.5. The number of hydrogen-bond acceptors (Lipinski definition) is 16. The fourth-order valence-electron chi connectivity index (χ4n) is 28.6. The summed E-state index contributed by atoms with van der Waals surface area (Å²) in [5.74, 6) is -1.80. The molecular weight excluding hydrogens is 1250 g/mol. The number of aryl methyl sites for hydroxylation is 1. The van der Waals surface area contributed by atoms with Crippen LogP contribution in [0.25, 0.3) is 0 Å². The molecule has 6 spiro atoms. The minimum absolute atomic E-state index is 0.0297. The Balaban J connectivity index is 0.822. The predicted octanol–water partition coefficient (Wildman–Crippen LogP) is 9.52. The van der Waals surface area contributed by atoms with Crippen LogP contribution in [-0.2, 0) is 25.5 Å². The molecule has 10 fully saturated rings. The van der Waals surface area contributed by atoms with Gasteiger partial charge in [0.15, 0.2) is 5.78 Å². The molecule has 10 bridgehead atoms. The quantitative estimate of drug-likeness (QED) is 0.0723. The van der Waals surface area contributed by atoms with Crippen molar-refractivity contribution in [3.05, 3.63) is 95.7 Å². The van der Waals surface area contributed by atoms with E-state index in [1.165, 1.54) is 27.2 Å². The van der Waals surface area contributed by atoms with Crippen LogP contribution in [0.2, 0.25) is 0 Å². The highest BCUT2D eigenvalue weighted by Crippen LogP contribution is 2.83. The molecule has 8 heterocycles. The SMILES string of the molecule is CC(C)C(C)C1OC1C1(O)CC=CC2CC3C4=CC(=O)C5(CC(O)C(O)(CO)C6(CCCC6)C35C)C(O)SSCC3CCCC5(CO)C=CC6CC(C78C=CC9CCCCC9(N7)C7CC9OCC=CC9=CC7C8)C(O)C67CN(C(=O)C357)c3cc(O)cc(c3)CCC23C1CCC43O. The van der Waals surface area contributed by atoms with Crippen molar-refractivity contribution in [1.82, 2.24) is 5.32 Å². The van der Waals surface area contributed by atoms with Crippen LogP contribution in [0.15, 0.2) is 90.1 Å². The van der Waals surface area contributed by atoms with Crippen LogP contribution in [0, 0.1) is 103 Å². The number of aliphatic hydroxyl groups is 8. The number of aromatic hydroxyl groups is 1. The molecule has 7 saturated carbocycles. The van der Waals surface area contributed by atoms with Gasteiger partial charge in [-0.1, -0.05) is 136 Å². The fourth-order valence-corrected chi connectivity index (χ4v) is 31.6. The topological polar surface area (TPSA) is 253 Å². The van der Waals surface area contributed by atoms with Crippen molar-refractivity contribution in [3.63, 3.8) is 0 Å². The van der Waals surface area contributed by atoms with Gasteiger partial charge >= 0.3 is 0 Å². The van der Waals surface area contributed by atoms with E-state index in [9.17, 15) is 46.0 Å². The summed E-state index contributed by atoms with van der Waals surface area (Å²) in [6.45, 7) is 8.20. The lowest BCUT2D eigenvalue weighted by atomic mass is 9.31. The summed E-state index contributed by atoms with van der Waals surface area (Å²) >= 11 is 0. The zero-order valence-electron chi connectivity index (χ0n) is 56.6. The number of benzene rings is 1. The van der Waals surface area contributed by atoms with Gasteiger partial charge in [-0.25, -0.2) is 0 Å². The highest BCUT2D eigenvalue weighted by molar-refractivity contribution is 8.76. The van der Waals surface area contributed by atoms with Gasteiger partial charge in [0.05, 0.1) is 60.7 Å². The molecule has 1 amide bonds. The number of phenols is 1. The van der Waals surface area contributed by atoms with Gasteiger partial charge in [-0.05, 0) is 196 Å². The Morgan fingerprint density at radius 3 is 2.39 bits per heavy atom. The van der Waals surface area contributed by atoms with E-state index in [-0.39, 0.29) is 91.4 Å². The van der Waals surface area contributed by atoms with Gasteiger partial charge < -0.3 is 65.6 Å². The molecule has 96 heavy (non-hydrogen) atoms. The van der Waals surface area contributed by atoms with Gasteiger partial charge in [-0.3, -0.25) is 9.59 Å². The van der Waals surface area contributed by atoms with Crippen LogP contribution in [0.4, 0.5) is 5.69 Å². The van der Waals surface area contributed by atoms with Crippen molar-refractivity contribution in [2.45, 2.75) is 226 Å². The summed E-state index contributed by atoms with van der Waals surface area (Å²) in [5, 5.41) is 125. The molecule has 520 valence electrons. The Bertz CT molecular complexity index is 3620. The molecule has 27 unspecified atom stereocenters. The summed E-state index contributed by atoms with van der Waals surface area (Å²) in [4.78, 5) is 36.1. The summed E-state index contributed by atoms with van der Waals surface area (Å²) in [6, 6.07) is 5.48. The average molecular weight is 1350 g/mol. The number of hydrogen-bond donors (Lipinski definition) is 10. The third-order valence-electron chi connectivity index (χ3n) is 32.9. The Labute approximate surface area is 573 Å². The number of nitrogens with zero attached hydrogens (tertiary/aromatic N) is 1. The first-order valence-electron chi connectivity index (χ1n) is 37.6. The molecule has 27 atom stereocenters. The van der Waals surface area contributed by atoms with Crippen molar-refractivity contribution < 1.29 is 65.0 Å². The van der Waals surface area contributed by atoms with Crippen LogP contribution >= 0.6 is 21.6 Å². The van der Waals surface area contributed by atoms with Crippen molar-refractivity contribution in [2.24, 2.45) is 103 Å². The number of amides is 1. The van der Waals surface area contributed by atoms with E-state index in [1.54, 1.807) is 18.2 Å². The Hall–Kier alpha value is -3.14. The lowest BCUT2D eigenvalue weighted by molar-refractivity contribution is -0.309. The first kappa shape index (κ1) is 64.9. The minimum Gasteiger partial charge on any atom is -0.508 e. The van der Waals surface area contributed by atoms with Crippen LogP contribution in [0.3, 0.4) is 0 Å². The highest BCUT2D eigenvalue weighted by atomic mass is 33.1. The molecule has 0 aromatic heterocycles. The second-order valence-electron chi connectivity index (χ2n) is 35.4. The van der Waals surface area contributed by atoms with E-state index in [4.69, 9.17) is 9.47 Å². The van der Waals surface area contributed by atoms with Crippen LogP contribution < -0.4 is 10.2 Å². The number of piperidine rings is 1. The van der Waals surface area contributed by atoms with Crippen LogP contribution in [0.5, 0.6) is 5.75 Å². The maximum Gasteiger partial charge on any atom is 0.235 e. The van der Waals surface area contributed by atoms with Crippen LogP contribution in [-0.4, -0.2) is 154 Å². The van der Waals surface area contributed by atoms with Crippen molar-refractivity contribution in [3.8, 4) is 5.75 Å². The number of rotatable bonds is 6. The first-order chi connectivity index (χ1) is 45.9. The lowest BCUT2D eigenvalue weighted by Gasteiger charge is -2.74. The molecular formula is C79H104N2O13S2. The largest absolute Gasteiger partial charge is 0.508 e. The molecule has 20 rings (SSSR count). The van der Waals surface area contributed by atoms with E-state index < -0.39 is 120 Å². The molecule has 19 aliphatic rings. The molecule has 1 aromatic rings. The van der Waals surface area contributed by atoms with E-state index in [0.717, 1.165) is 44.1 Å². The number of ketones is 1. The molecule has 17 heteroatoms. The maximum absolute atomic E-state index is 17.5. The highest BCUT2D eigenvalue weighted by Gasteiger charge is 2.86. The van der Waals surface area contributed by atoms with E-state index >= 15 is 9.59 Å². The molecule has 1 aromatic carbocycles. The fraction of sp³-hybridized carbons (Fsp3) is 0.747. The molecule has 10 N–H and O–H groups in total. The van der Waals surface area contributed by atoms with Gasteiger partial charge in [0.25, 0.3) is 0 Å². The molecule has 11 aliphatic carbocycles. The lowest BCUT2D eigenvalue weighted by Crippen LogP contribution is -2.79. The summed E-state index contributed by atoms with van der Waals surface area (Å²) < 4.78 is 13.2. The number of nitrogens with one attached hydrogen (secondary N) is 1. The number of fused-ring (bicyclic) bond motifs is 4. The van der Waals surface area contributed by atoms with E-state index in [0.29, 0.717) is 113 Å². The van der Waals surface area contributed by atoms with Crippen molar-refractivity contribution in [1.29, 1.82) is 0 Å². The van der Waals surface area contributed by atoms with E-state index in [1.807, 2.05) is 17.9 Å². The smallest absolute Gasteiger partial charge is 0.235 e. The summed E-state index contributed by atoms with van der Waals surface area (Å²) in [7, 11) is 2.59. The monoisotopic (exact) mass is 1350 g/mol. The number of carbonyl (C=O) groups excluding carboxylic acids is 2. The third kappa shape index (κ3) is 7.54. The van der Waals surface area contributed by atoms with E-state index in [2.05, 4.69) is 80.8 Å². The molecule has 3 saturated heterocycles.